The first-order valence-corrected chi connectivity index (χ1v) is 10.3. The maximum Gasteiger partial charge on any atom is 0.190 e. The van der Waals surface area contributed by atoms with Crippen LogP contribution in [0.1, 0.15) is 25.7 Å². The molecule has 27 heavy (non-hydrogen) atoms. The molecular weight excluding hydrogens is 480 g/mol. The molecule has 0 aliphatic carbocycles. The Morgan fingerprint density at radius 3 is 2.67 bits per heavy atom. The number of rotatable bonds is 11. The van der Waals surface area contributed by atoms with Crippen LogP contribution in [0.25, 0.3) is 0 Å². The van der Waals surface area contributed by atoms with Gasteiger partial charge in [0, 0.05) is 38.2 Å². The van der Waals surface area contributed by atoms with E-state index in [0.29, 0.717) is 12.7 Å². The van der Waals surface area contributed by atoms with E-state index in [-0.39, 0.29) is 29.8 Å². The molecule has 1 saturated heterocycles. The molecule has 0 bridgehead atoms. The zero-order chi connectivity index (χ0) is 18.5. The smallest absolute Gasteiger partial charge is 0.190 e. The lowest BCUT2D eigenvalue weighted by molar-refractivity contribution is 0.0168. The maximum absolute atomic E-state index is 12.8. The van der Waals surface area contributed by atoms with Gasteiger partial charge < -0.3 is 20.1 Å². The maximum atomic E-state index is 12.8. The first-order valence-electron chi connectivity index (χ1n) is 9.30. The van der Waals surface area contributed by atoms with E-state index < -0.39 is 0 Å². The minimum atomic E-state index is -0.192. The van der Waals surface area contributed by atoms with Crippen molar-refractivity contribution in [2.24, 2.45) is 4.99 Å². The number of benzene rings is 1. The summed E-state index contributed by atoms with van der Waals surface area (Å²) in [5.74, 6) is 1.60. The molecule has 1 unspecified atom stereocenters. The molecule has 0 aromatic heterocycles. The number of nitrogens with one attached hydrogen (secondary N) is 2. The van der Waals surface area contributed by atoms with Gasteiger partial charge in [-0.15, -0.1) is 35.7 Å². The summed E-state index contributed by atoms with van der Waals surface area (Å²) in [6.45, 7) is 4.00. The normalized spacial score (nSPS) is 16.8. The van der Waals surface area contributed by atoms with Gasteiger partial charge in [-0.2, -0.15) is 0 Å². The molecule has 1 aliphatic heterocycles. The van der Waals surface area contributed by atoms with Gasteiger partial charge in [0.1, 0.15) is 5.82 Å². The summed E-state index contributed by atoms with van der Waals surface area (Å²) in [6, 6.07) is 6.62. The Morgan fingerprint density at radius 2 is 2.00 bits per heavy atom. The molecule has 1 aromatic carbocycles. The summed E-state index contributed by atoms with van der Waals surface area (Å²) in [5.41, 5.74) is 0. The topological polar surface area (TPSA) is 54.9 Å². The molecule has 1 atom stereocenters. The van der Waals surface area contributed by atoms with Crippen LogP contribution in [0, 0.1) is 5.82 Å². The fourth-order valence-corrected chi connectivity index (χ4v) is 3.44. The highest BCUT2D eigenvalue weighted by molar-refractivity contribution is 14.0. The number of thioether (sulfide) groups is 1. The molecule has 1 aliphatic rings. The van der Waals surface area contributed by atoms with Crippen LogP contribution >= 0.6 is 35.7 Å². The van der Waals surface area contributed by atoms with Crippen LogP contribution < -0.4 is 10.6 Å². The third-order valence-corrected chi connectivity index (χ3v) is 5.10. The number of hydrogen-bond acceptors (Lipinski definition) is 4. The highest BCUT2D eigenvalue weighted by Crippen LogP contribution is 2.18. The lowest BCUT2D eigenvalue weighted by Crippen LogP contribution is -2.38. The van der Waals surface area contributed by atoms with E-state index in [1.54, 1.807) is 18.8 Å². The molecule has 2 N–H and O–H groups in total. The fourth-order valence-electron chi connectivity index (χ4n) is 2.59. The van der Waals surface area contributed by atoms with E-state index >= 15 is 0 Å². The molecule has 5 nitrogen and oxygen atoms in total. The van der Waals surface area contributed by atoms with Crippen LogP contribution in [0.3, 0.4) is 0 Å². The summed E-state index contributed by atoms with van der Waals surface area (Å²) < 4.78 is 24.0. The Morgan fingerprint density at radius 1 is 1.26 bits per heavy atom. The lowest BCUT2D eigenvalue weighted by atomic mass is 10.2. The van der Waals surface area contributed by atoms with Gasteiger partial charge in [0.2, 0.25) is 0 Å². The molecule has 2 rings (SSSR count). The van der Waals surface area contributed by atoms with Crippen LogP contribution in [-0.2, 0) is 9.47 Å². The SMILES string of the molecule is CN=C(NCCCOCC1CCCO1)NCCCSc1ccc(F)cc1.I. The average Bonchev–Trinajstić information content (AvgIpc) is 3.17. The molecule has 1 heterocycles. The zero-order valence-corrected chi connectivity index (χ0v) is 19.1. The Bertz CT molecular complexity index is 528. The second kappa shape index (κ2) is 15.4. The molecule has 0 amide bonds. The third kappa shape index (κ3) is 11.1. The number of guanidine groups is 1. The van der Waals surface area contributed by atoms with Gasteiger partial charge in [-0.25, -0.2) is 4.39 Å². The molecule has 0 saturated carbocycles. The number of nitrogens with zero attached hydrogens (tertiary/aromatic N) is 1. The predicted molar refractivity (Wildman–Crippen MR) is 121 cm³/mol. The van der Waals surface area contributed by atoms with E-state index in [4.69, 9.17) is 9.47 Å². The second-order valence-corrected chi connectivity index (χ2v) is 7.31. The summed E-state index contributed by atoms with van der Waals surface area (Å²) in [5, 5.41) is 6.60. The molecule has 1 fully saturated rings. The van der Waals surface area contributed by atoms with Crippen molar-refractivity contribution in [2.45, 2.75) is 36.7 Å². The van der Waals surface area contributed by atoms with E-state index in [2.05, 4.69) is 15.6 Å². The lowest BCUT2D eigenvalue weighted by Gasteiger charge is -2.13. The standard InChI is InChI=1S/C19H30FN3O2S.HI/c1-21-19(22-10-3-12-24-15-17-5-2-13-25-17)23-11-4-14-26-18-8-6-16(20)7-9-18;/h6-9,17H,2-5,10-15H2,1H3,(H2,21,22,23);1H. The second-order valence-electron chi connectivity index (χ2n) is 6.15. The summed E-state index contributed by atoms with van der Waals surface area (Å²) in [6.07, 6.45) is 4.51. The minimum absolute atomic E-state index is 0. The van der Waals surface area contributed by atoms with Crippen molar-refractivity contribution < 1.29 is 13.9 Å². The largest absolute Gasteiger partial charge is 0.379 e. The monoisotopic (exact) mass is 511 g/mol. The van der Waals surface area contributed by atoms with Crippen molar-refractivity contribution >= 4 is 41.7 Å². The van der Waals surface area contributed by atoms with Gasteiger partial charge in [-0.05, 0) is 55.7 Å². The van der Waals surface area contributed by atoms with Gasteiger partial charge in [0.05, 0.1) is 12.7 Å². The number of halogens is 2. The average molecular weight is 511 g/mol. The third-order valence-electron chi connectivity index (χ3n) is 4.01. The molecule has 8 heteroatoms. The zero-order valence-electron chi connectivity index (χ0n) is 15.9. The van der Waals surface area contributed by atoms with Crippen molar-refractivity contribution in [3.63, 3.8) is 0 Å². The van der Waals surface area contributed by atoms with Gasteiger partial charge in [0.25, 0.3) is 0 Å². The first kappa shape index (κ1) is 24.5. The molecule has 0 spiro atoms. The van der Waals surface area contributed by atoms with Crippen molar-refractivity contribution in [3.8, 4) is 0 Å². The Kier molecular flexibility index (Phi) is 13.9. The van der Waals surface area contributed by atoms with Gasteiger partial charge >= 0.3 is 0 Å². The number of aliphatic imine (C=N–C) groups is 1. The van der Waals surface area contributed by atoms with Crippen molar-refractivity contribution in [1.29, 1.82) is 0 Å². The van der Waals surface area contributed by atoms with Crippen LogP contribution in [-0.4, -0.2) is 57.8 Å². The Labute approximate surface area is 183 Å². The summed E-state index contributed by atoms with van der Waals surface area (Å²) in [4.78, 5) is 5.31. The van der Waals surface area contributed by atoms with Crippen molar-refractivity contribution in [1.82, 2.24) is 10.6 Å². The number of hydrogen-bond donors (Lipinski definition) is 2. The van der Waals surface area contributed by atoms with Crippen LogP contribution in [0.4, 0.5) is 4.39 Å². The predicted octanol–water partition coefficient (Wildman–Crippen LogP) is 3.68. The quantitative estimate of drug-likeness (QED) is 0.156. The van der Waals surface area contributed by atoms with Crippen molar-refractivity contribution in [3.05, 3.63) is 30.1 Å². The molecule has 0 radical (unpaired) electrons. The highest BCUT2D eigenvalue weighted by Gasteiger charge is 2.14. The molecular formula is C19H31FIN3O2S. The molecule has 154 valence electrons. The van der Waals surface area contributed by atoms with Crippen LogP contribution in [0.2, 0.25) is 0 Å². The van der Waals surface area contributed by atoms with Gasteiger partial charge in [0.15, 0.2) is 5.96 Å². The van der Waals surface area contributed by atoms with Crippen LogP contribution in [0.5, 0.6) is 0 Å². The Hall–Kier alpha value is -0.580. The summed E-state index contributed by atoms with van der Waals surface area (Å²) >= 11 is 1.73. The van der Waals surface area contributed by atoms with Gasteiger partial charge in [-0.3, -0.25) is 4.99 Å². The van der Waals surface area contributed by atoms with Gasteiger partial charge in [-0.1, -0.05) is 0 Å². The fraction of sp³-hybridized carbons (Fsp3) is 0.632. The van der Waals surface area contributed by atoms with E-state index in [1.807, 2.05) is 12.1 Å². The highest BCUT2D eigenvalue weighted by atomic mass is 127. The van der Waals surface area contributed by atoms with E-state index in [0.717, 1.165) is 68.6 Å². The first-order chi connectivity index (χ1) is 12.8. The Balaban J connectivity index is 0.00000364. The van der Waals surface area contributed by atoms with Crippen molar-refractivity contribution in [2.75, 3.05) is 45.7 Å². The number of ether oxygens (including phenoxy) is 2. The minimum Gasteiger partial charge on any atom is -0.379 e. The van der Waals surface area contributed by atoms with Crippen LogP contribution in [0.15, 0.2) is 34.2 Å². The molecule has 1 aromatic rings. The summed E-state index contributed by atoms with van der Waals surface area (Å²) in [7, 11) is 1.77. The van der Waals surface area contributed by atoms with E-state index in [1.165, 1.54) is 12.1 Å². The van der Waals surface area contributed by atoms with E-state index in [9.17, 15) is 4.39 Å².